The van der Waals surface area contributed by atoms with Crippen LogP contribution in [0.4, 0.5) is 14.5 Å². The molecule has 1 heterocycles. The predicted molar refractivity (Wildman–Crippen MR) is 69.6 cm³/mol. The van der Waals surface area contributed by atoms with Crippen molar-refractivity contribution < 1.29 is 13.5 Å². The summed E-state index contributed by atoms with van der Waals surface area (Å²) in [7, 11) is 1.64. The molecule has 1 aromatic rings. The minimum absolute atomic E-state index is 0.0421. The zero-order valence-electron chi connectivity index (χ0n) is 10.7. The average Bonchev–Trinajstić information content (AvgIpc) is 2.38. The number of rotatable bonds is 3. The van der Waals surface area contributed by atoms with Crippen LogP contribution in [0, 0.1) is 17.0 Å². The van der Waals surface area contributed by atoms with Gasteiger partial charge in [0, 0.05) is 25.8 Å². The van der Waals surface area contributed by atoms with Crippen LogP contribution in [0.3, 0.4) is 0 Å². The Labute approximate surface area is 110 Å². The Hall–Kier alpha value is -1.69. The highest BCUT2D eigenvalue weighted by Gasteiger charge is 2.24. The normalized spacial score (nSPS) is 16.7. The number of anilines is 1. The van der Waals surface area contributed by atoms with Crippen LogP contribution >= 0.6 is 0 Å². The van der Waals surface area contributed by atoms with Crippen LogP contribution in [0.15, 0.2) is 12.1 Å². The Morgan fingerprint density at radius 3 is 2.26 bits per heavy atom. The molecule has 4 nitrogen and oxygen atoms in total. The van der Waals surface area contributed by atoms with E-state index in [-0.39, 0.29) is 23.2 Å². The number of piperidine rings is 1. The summed E-state index contributed by atoms with van der Waals surface area (Å²) in [5, 5.41) is 7.21. The third-order valence-electron chi connectivity index (χ3n) is 3.42. The Bertz CT molecular complexity index is 462. The van der Waals surface area contributed by atoms with Crippen LogP contribution in [-0.4, -0.2) is 32.1 Å². The lowest BCUT2D eigenvalue weighted by atomic mass is 10.1. The maximum absolute atomic E-state index is 14.0. The number of hydrogen-bond acceptors (Lipinski definition) is 3. The summed E-state index contributed by atoms with van der Waals surface area (Å²) >= 11 is 0. The molecule has 19 heavy (non-hydrogen) atoms. The number of nitrogens with one attached hydrogen (secondary N) is 1. The fraction of sp³-hybridized carbons (Fsp3) is 0.462. The summed E-state index contributed by atoms with van der Waals surface area (Å²) in [6, 6.07) is 2.20. The van der Waals surface area contributed by atoms with Crippen LogP contribution in [0.1, 0.15) is 18.4 Å². The summed E-state index contributed by atoms with van der Waals surface area (Å²) in [6.07, 6.45) is 1.63. The summed E-state index contributed by atoms with van der Waals surface area (Å²) in [5.74, 6) is -1.70. The van der Waals surface area contributed by atoms with E-state index in [9.17, 15) is 8.78 Å². The van der Waals surface area contributed by atoms with Gasteiger partial charge < -0.3 is 15.4 Å². The van der Waals surface area contributed by atoms with Gasteiger partial charge in [0.05, 0.1) is 6.10 Å². The first-order chi connectivity index (χ1) is 9.02. The topological polar surface area (TPSA) is 62.3 Å². The number of halogens is 2. The highest BCUT2D eigenvalue weighted by Crippen LogP contribution is 2.28. The second kappa shape index (κ2) is 5.52. The van der Waals surface area contributed by atoms with E-state index >= 15 is 0 Å². The second-order valence-electron chi connectivity index (χ2n) is 4.62. The summed E-state index contributed by atoms with van der Waals surface area (Å²) < 4.78 is 33.2. The SMILES string of the molecule is COC1CCN(c2c(F)cc(C(=N)N)cc2F)CC1. The first-order valence-electron chi connectivity index (χ1n) is 6.14. The molecular formula is C13H17F2N3O. The quantitative estimate of drug-likeness (QED) is 0.650. The number of amidine groups is 1. The molecule has 0 aromatic heterocycles. The van der Waals surface area contributed by atoms with Gasteiger partial charge in [0.1, 0.15) is 23.2 Å². The molecule has 1 saturated heterocycles. The Kier molecular flexibility index (Phi) is 3.99. The molecule has 6 heteroatoms. The largest absolute Gasteiger partial charge is 0.384 e. The minimum atomic E-state index is -0.680. The van der Waals surface area contributed by atoms with Gasteiger partial charge >= 0.3 is 0 Å². The number of nitrogens with zero attached hydrogens (tertiary/aromatic N) is 1. The van der Waals surface area contributed by atoms with Crippen LogP contribution in [0.2, 0.25) is 0 Å². The Morgan fingerprint density at radius 2 is 1.84 bits per heavy atom. The number of nitrogens with two attached hydrogens (primary N) is 1. The van der Waals surface area contributed by atoms with E-state index in [0.717, 1.165) is 25.0 Å². The van der Waals surface area contributed by atoms with Crippen molar-refractivity contribution >= 4 is 11.5 Å². The summed E-state index contributed by atoms with van der Waals surface area (Å²) in [6.45, 7) is 1.09. The number of ether oxygens (including phenoxy) is 1. The first kappa shape index (κ1) is 13.7. The lowest BCUT2D eigenvalue weighted by Gasteiger charge is -2.33. The van der Waals surface area contributed by atoms with Gasteiger partial charge in [0.15, 0.2) is 0 Å². The van der Waals surface area contributed by atoms with Gasteiger partial charge in [0.25, 0.3) is 0 Å². The maximum Gasteiger partial charge on any atom is 0.150 e. The molecule has 0 unspecified atom stereocenters. The molecule has 1 aromatic carbocycles. The van der Waals surface area contributed by atoms with Crippen molar-refractivity contribution in [2.24, 2.45) is 5.73 Å². The molecule has 0 bridgehead atoms. The van der Waals surface area contributed by atoms with Crippen molar-refractivity contribution in [3.8, 4) is 0 Å². The summed E-state index contributed by atoms with van der Waals surface area (Å²) in [5.41, 5.74) is 5.25. The number of hydrogen-bond donors (Lipinski definition) is 2. The lowest BCUT2D eigenvalue weighted by Crippen LogP contribution is -2.37. The monoisotopic (exact) mass is 269 g/mol. The minimum Gasteiger partial charge on any atom is -0.384 e. The molecule has 104 valence electrons. The maximum atomic E-state index is 14.0. The average molecular weight is 269 g/mol. The van der Waals surface area contributed by atoms with Crippen molar-refractivity contribution in [2.75, 3.05) is 25.1 Å². The van der Waals surface area contributed by atoms with E-state index in [4.69, 9.17) is 15.9 Å². The number of nitrogen functional groups attached to an aromatic ring is 1. The van der Waals surface area contributed by atoms with E-state index in [1.807, 2.05) is 0 Å². The van der Waals surface area contributed by atoms with E-state index in [1.165, 1.54) is 0 Å². The Morgan fingerprint density at radius 1 is 1.32 bits per heavy atom. The molecule has 0 amide bonds. The lowest BCUT2D eigenvalue weighted by molar-refractivity contribution is 0.0817. The first-order valence-corrected chi connectivity index (χ1v) is 6.14. The molecule has 1 aliphatic heterocycles. The van der Waals surface area contributed by atoms with Gasteiger partial charge in [-0.25, -0.2) is 8.78 Å². The van der Waals surface area contributed by atoms with E-state index in [1.54, 1.807) is 12.0 Å². The Balaban J connectivity index is 2.24. The smallest absolute Gasteiger partial charge is 0.150 e. The molecule has 1 aliphatic rings. The van der Waals surface area contributed by atoms with Gasteiger partial charge in [-0.2, -0.15) is 0 Å². The third kappa shape index (κ3) is 2.84. The van der Waals surface area contributed by atoms with Crippen molar-refractivity contribution in [2.45, 2.75) is 18.9 Å². The van der Waals surface area contributed by atoms with Crippen molar-refractivity contribution in [1.29, 1.82) is 5.41 Å². The van der Waals surface area contributed by atoms with Gasteiger partial charge in [0.2, 0.25) is 0 Å². The third-order valence-corrected chi connectivity index (χ3v) is 3.42. The molecule has 0 aliphatic carbocycles. The van der Waals surface area contributed by atoms with E-state index < -0.39 is 11.6 Å². The van der Waals surface area contributed by atoms with Crippen LogP contribution in [0.25, 0.3) is 0 Å². The molecule has 1 fully saturated rings. The molecule has 0 saturated carbocycles. The van der Waals surface area contributed by atoms with Gasteiger partial charge in [-0.3, -0.25) is 5.41 Å². The fourth-order valence-electron chi connectivity index (χ4n) is 2.34. The van der Waals surface area contributed by atoms with Gasteiger partial charge in [-0.15, -0.1) is 0 Å². The van der Waals surface area contributed by atoms with Crippen LogP contribution < -0.4 is 10.6 Å². The standard InChI is InChI=1S/C13H17F2N3O/c1-19-9-2-4-18(5-3-9)12-10(14)6-8(13(16)17)7-11(12)15/h6-7,9H,2-5H2,1H3,(H3,16,17). The molecule has 2 rings (SSSR count). The van der Waals surface area contributed by atoms with Crippen molar-refractivity contribution in [1.82, 2.24) is 0 Å². The fourth-order valence-corrected chi connectivity index (χ4v) is 2.34. The highest BCUT2D eigenvalue weighted by atomic mass is 19.1. The molecule has 0 radical (unpaired) electrons. The zero-order chi connectivity index (χ0) is 14.0. The predicted octanol–water partition coefficient (Wildman–Crippen LogP) is 1.86. The van der Waals surface area contributed by atoms with Gasteiger partial charge in [-0.05, 0) is 25.0 Å². The molecule has 3 N–H and O–H groups in total. The molecular weight excluding hydrogens is 252 g/mol. The van der Waals surface area contributed by atoms with Crippen molar-refractivity contribution in [3.05, 3.63) is 29.3 Å². The highest BCUT2D eigenvalue weighted by molar-refractivity contribution is 5.95. The zero-order valence-corrected chi connectivity index (χ0v) is 10.7. The van der Waals surface area contributed by atoms with E-state index in [0.29, 0.717) is 13.1 Å². The van der Waals surface area contributed by atoms with E-state index in [2.05, 4.69) is 0 Å². The number of benzene rings is 1. The van der Waals surface area contributed by atoms with Crippen LogP contribution in [0.5, 0.6) is 0 Å². The number of methoxy groups -OCH3 is 1. The van der Waals surface area contributed by atoms with Gasteiger partial charge in [-0.1, -0.05) is 0 Å². The molecule has 0 spiro atoms. The second-order valence-corrected chi connectivity index (χ2v) is 4.62. The molecule has 0 atom stereocenters. The van der Waals surface area contributed by atoms with Crippen LogP contribution in [-0.2, 0) is 4.74 Å². The summed E-state index contributed by atoms with van der Waals surface area (Å²) in [4.78, 5) is 1.67. The van der Waals surface area contributed by atoms with Crippen molar-refractivity contribution in [3.63, 3.8) is 0 Å².